The maximum absolute atomic E-state index is 10.9. The van der Waals surface area contributed by atoms with Crippen LogP contribution in [0.2, 0.25) is 0 Å². The number of hydrogen-bond donors (Lipinski definition) is 6. The van der Waals surface area contributed by atoms with E-state index < -0.39 is 43.2 Å². The molecule has 0 saturated carbocycles. The van der Waals surface area contributed by atoms with E-state index in [2.05, 4.69) is 16.3 Å². The van der Waals surface area contributed by atoms with Gasteiger partial charge in [0.1, 0.15) is 36.6 Å². The van der Waals surface area contributed by atoms with Crippen LogP contribution in [0.1, 0.15) is 22.9 Å². The Labute approximate surface area is 173 Å². The van der Waals surface area contributed by atoms with Crippen molar-refractivity contribution in [3.8, 4) is 11.1 Å². The second-order valence-corrected chi connectivity index (χ2v) is 7.88. The smallest absolute Gasteiger partial charge is 0.117 e. The Morgan fingerprint density at radius 3 is 2.40 bits per heavy atom. The number of hydrogen-bond acceptors (Lipinski definition) is 7. The first-order valence-corrected chi connectivity index (χ1v) is 9.86. The molecule has 2 heterocycles. The second-order valence-electron chi connectivity index (χ2n) is 7.88. The van der Waals surface area contributed by atoms with Gasteiger partial charge in [0.05, 0.1) is 17.8 Å². The highest BCUT2D eigenvalue weighted by Gasteiger charge is 2.46. The van der Waals surface area contributed by atoms with Crippen LogP contribution in [0, 0.1) is 13.8 Å². The van der Waals surface area contributed by atoms with E-state index in [-0.39, 0.29) is 0 Å². The van der Waals surface area contributed by atoms with Crippen LogP contribution in [0.15, 0.2) is 36.4 Å². The summed E-state index contributed by atoms with van der Waals surface area (Å²) in [7, 11) is 0. The maximum atomic E-state index is 10.9. The topological polar surface area (TPSA) is 139 Å². The van der Waals surface area contributed by atoms with Gasteiger partial charge in [-0.15, -0.1) is 0 Å². The summed E-state index contributed by atoms with van der Waals surface area (Å²) in [5.41, 5.74) is 5.15. The number of ether oxygens (including phenoxy) is 1. The number of rotatable bonds is 4. The summed E-state index contributed by atoms with van der Waals surface area (Å²) in [6.45, 7) is 3.24. The van der Waals surface area contributed by atoms with Gasteiger partial charge in [0.25, 0.3) is 0 Å². The van der Waals surface area contributed by atoms with Gasteiger partial charge in [-0.1, -0.05) is 24.3 Å². The van der Waals surface area contributed by atoms with E-state index >= 15 is 0 Å². The van der Waals surface area contributed by atoms with Crippen LogP contribution in [0.25, 0.3) is 22.0 Å². The average Bonchev–Trinajstić information content (AvgIpc) is 3.12. The van der Waals surface area contributed by atoms with Crippen LogP contribution in [0.5, 0.6) is 0 Å². The summed E-state index contributed by atoms with van der Waals surface area (Å²) >= 11 is 0. The summed E-state index contributed by atoms with van der Waals surface area (Å²) in [4.78, 5) is 0. The van der Waals surface area contributed by atoms with Gasteiger partial charge in [0.15, 0.2) is 0 Å². The molecule has 4 rings (SSSR count). The minimum atomic E-state index is -1.53. The Kier molecular flexibility index (Phi) is 5.63. The maximum Gasteiger partial charge on any atom is 0.117 e. The van der Waals surface area contributed by atoms with Crippen LogP contribution in [0.3, 0.4) is 0 Å². The number of nitrogens with zero attached hydrogens (tertiary/aromatic N) is 1. The van der Waals surface area contributed by atoms with E-state index in [1.165, 1.54) is 0 Å². The predicted octanol–water partition coefficient (Wildman–Crippen LogP) is 0.723. The molecule has 8 nitrogen and oxygen atoms in total. The lowest BCUT2D eigenvalue weighted by Gasteiger charge is -2.42. The van der Waals surface area contributed by atoms with E-state index in [0.717, 1.165) is 33.3 Å². The molecular formula is C22H26N2O6. The molecule has 160 valence electrons. The highest BCUT2D eigenvalue weighted by Crippen LogP contribution is 2.34. The summed E-state index contributed by atoms with van der Waals surface area (Å²) in [6.07, 6.45) is -7.98. The van der Waals surface area contributed by atoms with Crippen molar-refractivity contribution in [2.75, 3.05) is 6.61 Å². The normalized spacial score (nSPS) is 28.0. The molecular weight excluding hydrogens is 388 g/mol. The molecule has 1 aliphatic heterocycles. The number of fused-ring (bicyclic) bond motifs is 1. The molecule has 0 amide bonds. The Morgan fingerprint density at radius 2 is 1.70 bits per heavy atom. The molecule has 6 N–H and O–H groups in total. The third kappa shape index (κ3) is 3.51. The lowest BCUT2D eigenvalue weighted by molar-refractivity contribution is -0.250. The number of aryl methyl sites for hydroxylation is 2. The number of aromatic amines is 1. The Balaban J connectivity index is 1.63. The third-order valence-corrected chi connectivity index (χ3v) is 5.92. The van der Waals surface area contributed by atoms with Crippen molar-refractivity contribution in [3.63, 3.8) is 0 Å². The van der Waals surface area contributed by atoms with E-state index in [1.54, 1.807) is 6.07 Å². The van der Waals surface area contributed by atoms with Crippen molar-refractivity contribution in [1.82, 2.24) is 10.2 Å². The van der Waals surface area contributed by atoms with Gasteiger partial charge in [-0.05, 0) is 48.2 Å². The molecule has 3 aromatic rings. The average molecular weight is 414 g/mol. The summed E-state index contributed by atoms with van der Waals surface area (Å²) < 4.78 is 5.50. The number of nitrogens with one attached hydrogen (secondary N) is 1. The minimum Gasteiger partial charge on any atom is -0.394 e. The molecule has 3 unspecified atom stereocenters. The highest BCUT2D eigenvalue weighted by molar-refractivity contribution is 5.86. The fourth-order valence-electron chi connectivity index (χ4n) is 4.08. The van der Waals surface area contributed by atoms with Crippen molar-refractivity contribution in [2.45, 2.75) is 50.5 Å². The van der Waals surface area contributed by atoms with Crippen molar-refractivity contribution in [1.29, 1.82) is 0 Å². The number of H-pyrrole nitrogens is 1. The number of benzene rings is 2. The van der Waals surface area contributed by atoms with Gasteiger partial charge in [-0.25, -0.2) is 0 Å². The lowest BCUT2D eigenvalue weighted by atomic mass is 9.88. The number of aliphatic hydroxyl groups excluding tert-OH is 5. The Bertz CT molecular complexity index is 1050. The Morgan fingerprint density at radius 1 is 1.00 bits per heavy atom. The standard InChI is InChI=1S/C22H26N2O6/c1-10-7-12(13-4-6-16-15(8-13)11(2)23-24-16)3-5-14(10)18(26)22-21(29)20(28)19(27)17(9-25)30-22/h3-8,17-22,25-29H,9H2,1-2H3,(H,23,24)/t17?,18-,19-,20?,21?,22-/m1/s1. The van der Waals surface area contributed by atoms with Crippen molar-refractivity contribution >= 4 is 10.9 Å². The molecule has 1 saturated heterocycles. The van der Waals surface area contributed by atoms with E-state index in [1.807, 2.05) is 38.1 Å². The minimum absolute atomic E-state index is 0.531. The molecule has 0 aliphatic carbocycles. The van der Waals surface area contributed by atoms with E-state index in [9.17, 15) is 25.5 Å². The summed E-state index contributed by atoms with van der Waals surface area (Å²) in [5, 5.41) is 58.7. The van der Waals surface area contributed by atoms with Gasteiger partial charge in [-0.2, -0.15) is 5.10 Å². The number of aliphatic hydroxyl groups is 5. The van der Waals surface area contributed by atoms with E-state index in [0.29, 0.717) is 5.56 Å². The fraction of sp³-hybridized carbons (Fsp3) is 0.409. The quantitative estimate of drug-likeness (QED) is 0.370. The number of aromatic nitrogens is 2. The van der Waals surface area contributed by atoms with Gasteiger partial charge in [0.2, 0.25) is 0 Å². The molecule has 8 heteroatoms. The SMILES string of the molecule is Cc1cc(-c2ccc3[nH]nc(C)c3c2)ccc1[C@@H](O)[C@H]1OC(CO)[C@@H](O)C(O)C1O. The van der Waals surface area contributed by atoms with Crippen LogP contribution < -0.4 is 0 Å². The molecule has 2 aromatic carbocycles. The van der Waals surface area contributed by atoms with Crippen LogP contribution >= 0.6 is 0 Å². The molecule has 6 atom stereocenters. The zero-order valence-electron chi connectivity index (χ0n) is 16.7. The molecule has 1 aliphatic rings. The molecule has 0 radical (unpaired) electrons. The van der Waals surface area contributed by atoms with Crippen molar-refractivity contribution in [3.05, 3.63) is 53.2 Å². The van der Waals surface area contributed by atoms with Crippen LogP contribution in [0.4, 0.5) is 0 Å². The first-order valence-electron chi connectivity index (χ1n) is 9.86. The molecule has 1 fully saturated rings. The fourth-order valence-corrected chi connectivity index (χ4v) is 4.08. The van der Waals surface area contributed by atoms with Crippen LogP contribution in [-0.4, -0.2) is 72.9 Å². The first kappa shape index (κ1) is 20.9. The third-order valence-electron chi connectivity index (χ3n) is 5.92. The molecule has 1 aromatic heterocycles. The lowest BCUT2D eigenvalue weighted by Crippen LogP contribution is -2.59. The van der Waals surface area contributed by atoms with Gasteiger partial charge in [0, 0.05) is 5.39 Å². The van der Waals surface area contributed by atoms with Gasteiger partial charge >= 0.3 is 0 Å². The van der Waals surface area contributed by atoms with Crippen LogP contribution in [-0.2, 0) is 4.74 Å². The molecule has 0 bridgehead atoms. The highest BCUT2D eigenvalue weighted by atomic mass is 16.6. The van der Waals surface area contributed by atoms with Gasteiger partial charge in [-0.3, -0.25) is 5.10 Å². The summed E-state index contributed by atoms with van der Waals surface area (Å²) in [5.74, 6) is 0. The zero-order valence-corrected chi connectivity index (χ0v) is 16.7. The molecule has 0 spiro atoms. The largest absolute Gasteiger partial charge is 0.394 e. The van der Waals surface area contributed by atoms with Crippen molar-refractivity contribution < 1.29 is 30.3 Å². The monoisotopic (exact) mass is 414 g/mol. The Hall–Kier alpha value is -2.33. The summed E-state index contributed by atoms with van der Waals surface area (Å²) in [6, 6.07) is 11.6. The predicted molar refractivity (Wildman–Crippen MR) is 110 cm³/mol. The van der Waals surface area contributed by atoms with Gasteiger partial charge < -0.3 is 30.3 Å². The van der Waals surface area contributed by atoms with Crippen molar-refractivity contribution in [2.24, 2.45) is 0 Å². The second kappa shape index (κ2) is 8.07. The van der Waals surface area contributed by atoms with E-state index in [4.69, 9.17) is 4.74 Å². The first-order chi connectivity index (χ1) is 14.3. The molecule has 30 heavy (non-hydrogen) atoms. The zero-order chi connectivity index (χ0) is 21.6.